The summed E-state index contributed by atoms with van der Waals surface area (Å²) in [7, 11) is 2.08. The molecule has 3 unspecified atom stereocenters. The SMILES string of the molecule is CNC1CCC(OC2CCC(C)C(C)C2)CC1. The molecule has 2 saturated carbocycles. The third-order valence-electron chi connectivity index (χ3n) is 5.02. The van der Waals surface area contributed by atoms with Crippen molar-refractivity contribution in [2.24, 2.45) is 11.8 Å². The molecule has 2 nitrogen and oxygen atoms in total. The number of rotatable bonds is 3. The molecule has 2 aliphatic rings. The first-order valence-electron chi connectivity index (χ1n) is 7.51. The number of nitrogens with one attached hydrogen (secondary N) is 1. The van der Waals surface area contributed by atoms with Crippen molar-refractivity contribution in [1.29, 1.82) is 0 Å². The van der Waals surface area contributed by atoms with Crippen molar-refractivity contribution in [3.63, 3.8) is 0 Å². The van der Waals surface area contributed by atoms with E-state index in [0.717, 1.165) is 17.9 Å². The average Bonchev–Trinajstić information content (AvgIpc) is 2.35. The first-order valence-corrected chi connectivity index (χ1v) is 7.51. The highest BCUT2D eigenvalue weighted by Crippen LogP contribution is 2.33. The zero-order valence-electron chi connectivity index (χ0n) is 11.7. The van der Waals surface area contributed by atoms with Crippen LogP contribution in [0, 0.1) is 11.8 Å². The zero-order chi connectivity index (χ0) is 12.3. The number of hydrogen-bond acceptors (Lipinski definition) is 2. The highest BCUT2D eigenvalue weighted by Gasteiger charge is 2.28. The summed E-state index contributed by atoms with van der Waals surface area (Å²) in [4.78, 5) is 0. The van der Waals surface area contributed by atoms with Gasteiger partial charge in [0, 0.05) is 6.04 Å². The van der Waals surface area contributed by atoms with Crippen LogP contribution in [-0.4, -0.2) is 25.3 Å². The molecule has 0 aromatic carbocycles. The van der Waals surface area contributed by atoms with Gasteiger partial charge < -0.3 is 10.1 Å². The maximum absolute atomic E-state index is 6.32. The maximum atomic E-state index is 6.32. The summed E-state index contributed by atoms with van der Waals surface area (Å²) in [6, 6.07) is 0.736. The fraction of sp³-hybridized carbons (Fsp3) is 1.00. The molecule has 0 aromatic rings. The van der Waals surface area contributed by atoms with Gasteiger partial charge in [0.2, 0.25) is 0 Å². The predicted octanol–water partition coefficient (Wildman–Crippen LogP) is 3.36. The Morgan fingerprint density at radius 2 is 1.47 bits per heavy atom. The highest BCUT2D eigenvalue weighted by molar-refractivity contribution is 4.80. The van der Waals surface area contributed by atoms with Crippen LogP contribution < -0.4 is 5.32 Å². The van der Waals surface area contributed by atoms with E-state index in [-0.39, 0.29) is 0 Å². The lowest BCUT2D eigenvalue weighted by atomic mass is 9.80. The molecule has 2 heteroatoms. The van der Waals surface area contributed by atoms with Gasteiger partial charge in [-0.3, -0.25) is 0 Å². The maximum Gasteiger partial charge on any atom is 0.0581 e. The monoisotopic (exact) mass is 239 g/mol. The fourth-order valence-electron chi connectivity index (χ4n) is 3.38. The third kappa shape index (κ3) is 3.69. The van der Waals surface area contributed by atoms with Crippen LogP contribution in [0.3, 0.4) is 0 Å². The molecule has 2 fully saturated rings. The molecule has 1 N–H and O–H groups in total. The van der Waals surface area contributed by atoms with Gasteiger partial charge >= 0.3 is 0 Å². The van der Waals surface area contributed by atoms with Crippen LogP contribution >= 0.6 is 0 Å². The van der Waals surface area contributed by atoms with E-state index < -0.39 is 0 Å². The standard InChI is InChI=1S/C15H29NO/c1-11-4-7-15(10-12(11)2)17-14-8-5-13(16-3)6-9-14/h11-16H,4-10H2,1-3H3. The molecule has 0 bridgehead atoms. The Balaban J connectivity index is 1.71. The van der Waals surface area contributed by atoms with Crippen LogP contribution in [-0.2, 0) is 4.74 Å². The van der Waals surface area contributed by atoms with Crippen molar-refractivity contribution in [1.82, 2.24) is 5.32 Å². The molecule has 0 aliphatic heterocycles. The van der Waals surface area contributed by atoms with E-state index >= 15 is 0 Å². The Hall–Kier alpha value is -0.0800. The fourth-order valence-corrected chi connectivity index (χ4v) is 3.38. The number of hydrogen-bond donors (Lipinski definition) is 1. The lowest BCUT2D eigenvalue weighted by Gasteiger charge is -2.36. The minimum atomic E-state index is 0.546. The molecule has 0 aromatic heterocycles. The number of ether oxygens (including phenoxy) is 1. The second-order valence-electron chi connectivity index (χ2n) is 6.29. The summed E-state index contributed by atoms with van der Waals surface area (Å²) in [5, 5.41) is 3.39. The van der Waals surface area contributed by atoms with Crippen LogP contribution in [0.4, 0.5) is 0 Å². The molecule has 0 spiro atoms. The van der Waals surface area contributed by atoms with E-state index in [0.29, 0.717) is 12.2 Å². The summed E-state index contributed by atoms with van der Waals surface area (Å²) in [6.07, 6.45) is 10.1. The molecule has 0 heterocycles. The third-order valence-corrected chi connectivity index (χ3v) is 5.02. The van der Waals surface area contributed by atoms with E-state index in [1.165, 1.54) is 44.9 Å². The van der Waals surface area contributed by atoms with Crippen molar-refractivity contribution in [2.45, 2.75) is 77.0 Å². The van der Waals surface area contributed by atoms with Gasteiger partial charge in [-0.25, -0.2) is 0 Å². The minimum absolute atomic E-state index is 0.546. The van der Waals surface area contributed by atoms with E-state index in [1.807, 2.05) is 0 Å². The lowest BCUT2D eigenvalue weighted by molar-refractivity contribution is -0.0626. The first-order chi connectivity index (χ1) is 8.19. The molecular formula is C15H29NO. The Morgan fingerprint density at radius 1 is 0.824 bits per heavy atom. The van der Waals surface area contributed by atoms with Crippen molar-refractivity contribution in [3.05, 3.63) is 0 Å². The molecular weight excluding hydrogens is 210 g/mol. The first kappa shape index (κ1) is 13.4. The van der Waals surface area contributed by atoms with Gasteiger partial charge in [-0.1, -0.05) is 13.8 Å². The van der Waals surface area contributed by atoms with Gasteiger partial charge in [-0.05, 0) is 63.8 Å². The van der Waals surface area contributed by atoms with Crippen LogP contribution in [0.15, 0.2) is 0 Å². The summed E-state index contributed by atoms with van der Waals surface area (Å²) in [5.74, 6) is 1.75. The van der Waals surface area contributed by atoms with Crippen LogP contribution in [0.2, 0.25) is 0 Å². The second kappa shape index (κ2) is 6.19. The molecule has 3 atom stereocenters. The summed E-state index contributed by atoms with van der Waals surface area (Å²) < 4.78 is 6.32. The Bertz CT molecular complexity index is 223. The molecule has 17 heavy (non-hydrogen) atoms. The van der Waals surface area contributed by atoms with E-state index in [9.17, 15) is 0 Å². The van der Waals surface area contributed by atoms with Gasteiger partial charge in [0.1, 0.15) is 0 Å². The average molecular weight is 239 g/mol. The molecule has 2 aliphatic carbocycles. The van der Waals surface area contributed by atoms with Gasteiger partial charge in [0.05, 0.1) is 12.2 Å². The van der Waals surface area contributed by atoms with Crippen LogP contribution in [0.25, 0.3) is 0 Å². The Kier molecular flexibility index (Phi) is 4.87. The highest BCUT2D eigenvalue weighted by atomic mass is 16.5. The predicted molar refractivity (Wildman–Crippen MR) is 72.2 cm³/mol. The molecule has 0 radical (unpaired) electrons. The molecule has 0 amide bonds. The molecule has 100 valence electrons. The quantitative estimate of drug-likeness (QED) is 0.815. The normalized spacial score (nSPS) is 43.6. The van der Waals surface area contributed by atoms with Crippen molar-refractivity contribution in [2.75, 3.05) is 7.05 Å². The summed E-state index contributed by atoms with van der Waals surface area (Å²) in [6.45, 7) is 4.77. The lowest BCUT2D eigenvalue weighted by Crippen LogP contribution is -2.36. The summed E-state index contributed by atoms with van der Waals surface area (Å²) >= 11 is 0. The van der Waals surface area contributed by atoms with Gasteiger partial charge in [-0.2, -0.15) is 0 Å². The van der Waals surface area contributed by atoms with Gasteiger partial charge in [0.15, 0.2) is 0 Å². The summed E-state index contributed by atoms with van der Waals surface area (Å²) in [5.41, 5.74) is 0. The van der Waals surface area contributed by atoms with Crippen molar-refractivity contribution < 1.29 is 4.74 Å². The van der Waals surface area contributed by atoms with E-state index in [1.54, 1.807) is 0 Å². The topological polar surface area (TPSA) is 21.3 Å². The van der Waals surface area contributed by atoms with Crippen molar-refractivity contribution in [3.8, 4) is 0 Å². The van der Waals surface area contributed by atoms with Gasteiger partial charge in [-0.15, -0.1) is 0 Å². The van der Waals surface area contributed by atoms with Crippen LogP contribution in [0.1, 0.15) is 58.8 Å². The van der Waals surface area contributed by atoms with Crippen LogP contribution in [0.5, 0.6) is 0 Å². The van der Waals surface area contributed by atoms with Crippen molar-refractivity contribution >= 4 is 0 Å². The smallest absolute Gasteiger partial charge is 0.0581 e. The molecule has 2 rings (SSSR count). The van der Waals surface area contributed by atoms with E-state index in [2.05, 4.69) is 26.2 Å². The van der Waals surface area contributed by atoms with Gasteiger partial charge in [0.25, 0.3) is 0 Å². The minimum Gasteiger partial charge on any atom is -0.375 e. The Morgan fingerprint density at radius 3 is 2.06 bits per heavy atom. The second-order valence-corrected chi connectivity index (χ2v) is 6.29. The molecule has 0 saturated heterocycles. The largest absolute Gasteiger partial charge is 0.375 e. The zero-order valence-corrected chi connectivity index (χ0v) is 11.7. The Labute approximate surface area is 107 Å². The van der Waals surface area contributed by atoms with E-state index in [4.69, 9.17) is 4.74 Å².